The molecule has 0 N–H and O–H groups in total. The molecule has 1 atom stereocenters. The van der Waals surface area contributed by atoms with Crippen molar-refractivity contribution >= 4 is 11.6 Å². The van der Waals surface area contributed by atoms with Crippen LogP contribution in [0.3, 0.4) is 0 Å². The third kappa shape index (κ3) is 2.55. The van der Waals surface area contributed by atoms with Crippen molar-refractivity contribution in [1.82, 2.24) is 9.88 Å². The number of aryl methyl sites for hydroxylation is 1. The second-order valence-corrected chi connectivity index (χ2v) is 5.71. The Bertz CT molecular complexity index is 512. The van der Waals surface area contributed by atoms with Gasteiger partial charge < -0.3 is 9.64 Å². The van der Waals surface area contributed by atoms with E-state index in [1.54, 1.807) is 0 Å². The van der Waals surface area contributed by atoms with Crippen molar-refractivity contribution in [3.8, 4) is 0 Å². The second-order valence-electron chi connectivity index (χ2n) is 5.71. The van der Waals surface area contributed by atoms with E-state index >= 15 is 0 Å². The van der Waals surface area contributed by atoms with Crippen LogP contribution < -0.4 is 4.90 Å². The molecule has 1 fully saturated rings. The normalized spacial score (nSPS) is 23.5. The highest BCUT2D eigenvalue weighted by molar-refractivity contribution is 5.96. The van der Waals surface area contributed by atoms with Gasteiger partial charge in [-0.2, -0.15) is 0 Å². The molecule has 1 amide bonds. The number of anilines is 1. The fourth-order valence-corrected chi connectivity index (χ4v) is 2.87. The molecule has 1 aromatic heterocycles. The first-order valence-corrected chi connectivity index (χ1v) is 7.19. The number of ether oxygens (including phenoxy) is 1. The number of carbonyl (C=O) groups is 1. The molecule has 3 heterocycles. The van der Waals surface area contributed by atoms with E-state index in [4.69, 9.17) is 4.74 Å². The highest BCUT2D eigenvalue weighted by atomic mass is 16.5. The van der Waals surface area contributed by atoms with Crippen molar-refractivity contribution in [1.29, 1.82) is 0 Å². The molecular weight excluding hydrogens is 254 g/mol. The molecule has 0 aromatic carbocycles. The quantitative estimate of drug-likeness (QED) is 0.773. The molecule has 3 rings (SSSR count). The van der Waals surface area contributed by atoms with E-state index < -0.39 is 0 Å². The van der Waals surface area contributed by atoms with Gasteiger partial charge in [-0.25, -0.2) is 0 Å². The van der Waals surface area contributed by atoms with Crippen molar-refractivity contribution in [2.24, 2.45) is 5.92 Å². The number of aromatic nitrogens is 1. The summed E-state index contributed by atoms with van der Waals surface area (Å²) in [7, 11) is 2.07. The van der Waals surface area contributed by atoms with E-state index in [0.717, 1.165) is 43.1 Å². The molecule has 2 aliphatic rings. The molecule has 0 unspecified atom stereocenters. The molecule has 5 nitrogen and oxygen atoms in total. The highest BCUT2D eigenvalue weighted by Crippen LogP contribution is 2.27. The zero-order valence-electron chi connectivity index (χ0n) is 12.1. The van der Waals surface area contributed by atoms with Crippen molar-refractivity contribution in [3.05, 3.63) is 23.5 Å². The van der Waals surface area contributed by atoms with Gasteiger partial charge in [0.05, 0.1) is 23.9 Å². The van der Waals surface area contributed by atoms with E-state index in [1.165, 1.54) is 0 Å². The predicted octanol–water partition coefficient (Wildman–Crippen LogP) is 1.20. The van der Waals surface area contributed by atoms with Gasteiger partial charge in [0.1, 0.15) is 0 Å². The SMILES string of the molecule is Cc1ccc2c(n1)CN(C)CCN2C(=O)[C@@H]1CCOC1. The summed E-state index contributed by atoms with van der Waals surface area (Å²) in [4.78, 5) is 21.4. The minimum absolute atomic E-state index is 0.00700. The summed E-state index contributed by atoms with van der Waals surface area (Å²) >= 11 is 0. The summed E-state index contributed by atoms with van der Waals surface area (Å²) in [6, 6.07) is 4.01. The standard InChI is InChI=1S/C15H21N3O2/c1-11-3-4-14-13(16-11)9-17(2)6-7-18(14)15(19)12-5-8-20-10-12/h3-4,12H,5-10H2,1-2H3/t12-/m1/s1. The number of rotatable bonds is 1. The van der Waals surface area contributed by atoms with Gasteiger partial charge in [0.2, 0.25) is 5.91 Å². The maximum Gasteiger partial charge on any atom is 0.232 e. The number of amides is 1. The minimum atomic E-state index is 0.00700. The largest absolute Gasteiger partial charge is 0.381 e. The van der Waals surface area contributed by atoms with Crippen LogP contribution in [-0.4, -0.2) is 49.1 Å². The smallest absolute Gasteiger partial charge is 0.232 e. The monoisotopic (exact) mass is 275 g/mol. The fourth-order valence-electron chi connectivity index (χ4n) is 2.87. The van der Waals surface area contributed by atoms with Crippen LogP contribution >= 0.6 is 0 Å². The fraction of sp³-hybridized carbons (Fsp3) is 0.600. The zero-order valence-corrected chi connectivity index (χ0v) is 12.1. The Kier molecular flexibility index (Phi) is 3.72. The average molecular weight is 275 g/mol. The topological polar surface area (TPSA) is 45.7 Å². The average Bonchev–Trinajstić information content (AvgIpc) is 2.89. The van der Waals surface area contributed by atoms with Crippen molar-refractivity contribution < 1.29 is 9.53 Å². The summed E-state index contributed by atoms with van der Waals surface area (Å²) in [5, 5.41) is 0. The van der Waals surface area contributed by atoms with Crippen LogP contribution in [0.15, 0.2) is 12.1 Å². The highest BCUT2D eigenvalue weighted by Gasteiger charge is 2.31. The van der Waals surface area contributed by atoms with Crippen LogP contribution in [0, 0.1) is 12.8 Å². The zero-order chi connectivity index (χ0) is 14.1. The van der Waals surface area contributed by atoms with Crippen LogP contribution in [0.1, 0.15) is 17.8 Å². The molecule has 20 heavy (non-hydrogen) atoms. The van der Waals surface area contributed by atoms with Crippen LogP contribution in [0.2, 0.25) is 0 Å². The Morgan fingerprint density at radius 2 is 2.25 bits per heavy atom. The van der Waals surface area contributed by atoms with Gasteiger partial charge in [0.25, 0.3) is 0 Å². The third-order valence-corrected chi connectivity index (χ3v) is 4.05. The maximum absolute atomic E-state index is 12.7. The molecule has 2 aliphatic heterocycles. The molecule has 0 radical (unpaired) electrons. The van der Waals surface area contributed by atoms with Crippen LogP contribution in [0.25, 0.3) is 0 Å². The molecule has 1 aromatic rings. The van der Waals surface area contributed by atoms with E-state index in [1.807, 2.05) is 24.0 Å². The Labute approximate surface area is 119 Å². The van der Waals surface area contributed by atoms with E-state index in [0.29, 0.717) is 13.2 Å². The Morgan fingerprint density at radius 1 is 1.40 bits per heavy atom. The van der Waals surface area contributed by atoms with Crippen molar-refractivity contribution in [2.45, 2.75) is 19.9 Å². The summed E-state index contributed by atoms with van der Waals surface area (Å²) in [5.74, 6) is 0.192. The summed E-state index contributed by atoms with van der Waals surface area (Å²) < 4.78 is 5.35. The van der Waals surface area contributed by atoms with Gasteiger partial charge in [-0.15, -0.1) is 0 Å². The van der Waals surface area contributed by atoms with Gasteiger partial charge in [-0.1, -0.05) is 0 Å². The first kappa shape index (κ1) is 13.5. The molecule has 0 saturated carbocycles. The molecule has 0 spiro atoms. The number of hydrogen-bond donors (Lipinski definition) is 0. The van der Waals surface area contributed by atoms with Gasteiger partial charge in [-0.05, 0) is 32.5 Å². The summed E-state index contributed by atoms with van der Waals surface area (Å²) in [6.45, 7) is 5.63. The second kappa shape index (κ2) is 5.50. The summed E-state index contributed by atoms with van der Waals surface area (Å²) in [5.41, 5.74) is 2.96. The first-order valence-electron chi connectivity index (χ1n) is 7.19. The maximum atomic E-state index is 12.7. The molecular formula is C15H21N3O2. The van der Waals surface area contributed by atoms with Crippen molar-refractivity contribution in [3.63, 3.8) is 0 Å². The molecule has 1 saturated heterocycles. The third-order valence-electron chi connectivity index (χ3n) is 4.05. The van der Waals surface area contributed by atoms with Crippen LogP contribution in [-0.2, 0) is 16.1 Å². The number of fused-ring (bicyclic) bond motifs is 1. The lowest BCUT2D eigenvalue weighted by Crippen LogP contribution is -2.39. The Balaban J connectivity index is 1.93. The lowest BCUT2D eigenvalue weighted by Gasteiger charge is -2.25. The van der Waals surface area contributed by atoms with E-state index in [2.05, 4.69) is 16.9 Å². The molecule has 108 valence electrons. The minimum Gasteiger partial charge on any atom is -0.381 e. The van der Waals surface area contributed by atoms with Crippen LogP contribution in [0.5, 0.6) is 0 Å². The van der Waals surface area contributed by atoms with Crippen LogP contribution in [0.4, 0.5) is 5.69 Å². The lowest BCUT2D eigenvalue weighted by molar-refractivity contribution is -0.122. The lowest BCUT2D eigenvalue weighted by atomic mass is 10.1. The first-order chi connectivity index (χ1) is 9.65. The number of nitrogens with zero attached hydrogens (tertiary/aromatic N) is 3. The Hall–Kier alpha value is -1.46. The van der Waals surface area contributed by atoms with E-state index in [-0.39, 0.29) is 11.8 Å². The van der Waals surface area contributed by atoms with E-state index in [9.17, 15) is 4.79 Å². The number of likely N-dealkylation sites (N-methyl/N-ethyl adjacent to an activating group) is 1. The predicted molar refractivity (Wildman–Crippen MR) is 76.6 cm³/mol. The van der Waals surface area contributed by atoms with Gasteiger partial charge in [0.15, 0.2) is 0 Å². The van der Waals surface area contributed by atoms with Gasteiger partial charge in [0, 0.05) is 31.9 Å². The number of hydrogen-bond acceptors (Lipinski definition) is 4. The number of carbonyl (C=O) groups excluding carboxylic acids is 1. The molecule has 5 heteroatoms. The molecule has 0 bridgehead atoms. The molecule has 0 aliphatic carbocycles. The van der Waals surface area contributed by atoms with Gasteiger partial charge >= 0.3 is 0 Å². The van der Waals surface area contributed by atoms with Gasteiger partial charge in [-0.3, -0.25) is 14.7 Å². The van der Waals surface area contributed by atoms with Crippen molar-refractivity contribution in [2.75, 3.05) is 38.3 Å². The summed E-state index contributed by atoms with van der Waals surface area (Å²) in [6.07, 6.45) is 0.833. The Morgan fingerprint density at radius 3 is 3.00 bits per heavy atom. The number of pyridine rings is 1.